The van der Waals surface area contributed by atoms with Gasteiger partial charge in [0.15, 0.2) is 12.2 Å². The van der Waals surface area contributed by atoms with E-state index in [9.17, 15) is 14.7 Å². The van der Waals surface area contributed by atoms with Gasteiger partial charge in [-0.3, -0.25) is 0 Å². The van der Waals surface area contributed by atoms with Crippen LogP contribution in [0.15, 0.2) is 72.2 Å². The molecule has 41 heavy (non-hydrogen) atoms. The van der Waals surface area contributed by atoms with Gasteiger partial charge in [-0.15, -0.1) is 17.9 Å². The van der Waals surface area contributed by atoms with Gasteiger partial charge in [-0.05, 0) is 37.0 Å². The molecule has 2 N–H and O–H groups in total. The SMILES string of the molecule is C=C[C@@H](O)[C@H](C)[C@H](OC)/C(C)=C/C=C/[C@H](C)[C@H](OC(=O)c1ccccc1)c1csc([C@H](CC(C)C)OC(=O)NC)n1. The number of amides is 1. The zero-order valence-electron chi connectivity index (χ0n) is 25.1. The molecule has 0 saturated heterocycles. The van der Waals surface area contributed by atoms with Crippen LogP contribution >= 0.6 is 11.3 Å². The third-order valence-electron chi connectivity index (χ3n) is 6.70. The van der Waals surface area contributed by atoms with Crippen molar-refractivity contribution in [3.05, 3.63) is 88.4 Å². The molecule has 0 aliphatic carbocycles. The maximum Gasteiger partial charge on any atom is 0.407 e. The van der Waals surface area contributed by atoms with E-state index in [1.165, 1.54) is 24.5 Å². The highest BCUT2D eigenvalue weighted by atomic mass is 32.1. The predicted molar refractivity (Wildman–Crippen MR) is 163 cm³/mol. The van der Waals surface area contributed by atoms with Gasteiger partial charge in [-0.2, -0.15) is 0 Å². The molecule has 8 nitrogen and oxygen atoms in total. The smallest absolute Gasteiger partial charge is 0.407 e. The van der Waals surface area contributed by atoms with E-state index < -0.39 is 30.4 Å². The molecule has 6 atom stereocenters. The Morgan fingerprint density at radius 3 is 2.41 bits per heavy atom. The topological polar surface area (TPSA) is 107 Å². The normalized spacial score (nSPS) is 16.5. The standard InChI is InChI=1S/C32H44N2O6S/c1-9-26(35)23(6)28(38-8)21(4)14-13-15-22(5)29(40-31(36)24-16-11-10-12-17-24)25-19-41-30(34-25)27(18-20(2)3)39-32(37)33-7/h9-17,19-20,22-23,26-29,35H,1,18H2,2-8H3,(H,33,37)/b15-13+,21-14+/t22-,23-,26+,27-,28+,29-/m0/s1. The van der Waals surface area contributed by atoms with E-state index in [0.717, 1.165) is 5.57 Å². The molecule has 1 amide bonds. The van der Waals surface area contributed by atoms with Gasteiger partial charge >= 0.3 is 12.1 Å². The van der Waals surface area contributed by atoms with E-state index >= 15 is 0 Å². The number of aromatic nitrogens is 1. The molecule has 224 valence electrons. The average molecular weight is 585 g/mol. The quantitative estimate of drug-likeness (QED) is 0.134. The van der Waals surface area contributed by atoms with E-state index in [2.05, 4.69) is 25.7 Å². The molecule has 0 unspecified atom stereocenters. The van der Waals surface area contributed by atoms with E-state index in [1.54, 1.807) is 31.4 Å². The van der Waals surface area contributed by atoms with Crippen LogP contribution in [0.1, 0.15) is 74.3 Å². The first-order chi connectivity index (χ1) is 19.5. The molecule has 0 bridgehead atoms. The lowest BCUT2D eigenvalue weighted by Crippen LogP contribution is -2.30. The molecule has 0 aliphatic heterocycles. The number of ether oxygens (including phenoxy) is 3. The Kier molecular flexibility index (Phi) is 14.0. The number of rotatable bonds is 15. The van der Waals surface area contributed by atoms with Gasteiger partial charge in [0.1, 0.15) is 5.01 Å². The van der Waals surface area contributed by atoms with Crippen LogP contribution in [-0.4, -0.2) is 48.5 Å². The number of hydrogen-bond donors (Lipinski definition) is 2. The molecule has 1 heterocycles. The zero-order chi connectivity index (χ0) is 30.5. The van der Waals surface area contributed by atoms with Gasteiger partial charge in [0, 0.05) is 31.4 Å². The van der Waals surface area contributed by atoms with Crippen molar-refractivity contribution in [1.29, 1.82) is 0 Å². The van der Waals surface area contributed by atoms with Gasteiger partial charge in [0.2, 0.25) is 0 Å². The van der Waals surface area contributed by atoms with Crippen molar-refractivity contribution in [3.8, 4) is 0 Å². The summed E-state index contributed by atoms with van der Waals surface area (Å²) in [6.07, 6.45) is 5.15. The maximum atomic E-state index is 13.1. The molecule has 0 fully saturated rings. The molecule has 2 rings (SSSR count). The molecule has 1 aromatic heterocycles. The highest BCUT2D eigenvalue weighted by molar-refractivity contribution is 7.09. The minimum atomic E-state index is -0.696. The lowest BCUT2D eigenvalue weighted by atomic mass is 9.92. The Morgan fingerprint density at radius 1 is 1.15 bits per heavy atom. The van der Waals surface area contributed by atoms with Crippen LogP contribution in [0.2, 0.25) is 0 Å². The van der Waals surface area contributed by atoms with Gasteiger partial charge in [-0.1, -0.05) is 70.2 Å². The van der Waals surface area contributed by atoms with Crippen LogP contribution in [-0.2, 0) is 14.2 Å². The van der Waals surface area contributed by atoms with Crippen molar-refractivity contribution >= 4 is 23.4 Å². The number of methoxy groups -OCH3 is 1. The highest BCUT2D eigenvalue weighted by Gasteiger charge is 2.29. The number of allylic oxidation sites excluding steroid dienone is 2. The molecular weight excluding hydrogens is 540 g/mol. The number of hydrogen-bond acceptors (Lipinski definition) is 8. The number of esters is 1. The fraction of sp³-hybridized carbons (Fsp3) is 0.469. The summed E-state index contributed by atoms with van der Waals surface area (Å²) in [7, 11) is 3.13. The number of alkyl carbamates (subject to hydrolysis) is 1. The lowest BCUT2D eigenvalue weighted by Gasteiger charge is -2.26. The third-order valence-corrected chi connectivity index (χ3v) is 7.66. The number of nitrogens with one attached hydrogen (secondary N) is 1. The second-order valence-electron chi connectivity index (χ2n) is 10.5. The minimum Gasteiger partial charge on any atom is -0.452 e. The molecule has 0 spiro atoms. The summed E-state index contributed by atoms with van der Waals surface area (Å²) < 4.78 is 17.2. The third kappa shape index (κ3) is 10.3. The summed E-state index contributed by atoms with van der Waals surface area (Å²) in [4.78, 5) is 29.9. The minimum absolute atomic E-state index is 0.177. The molecule has 9 heteroatoms. The molecule has 0 aliphatic rings. The largest absolute Gasteiger partial charge is 0.452 e. The van der Waals surface area contributed by atoms with Gasteiger partial charge in [0.25, 0.3) is 0 Å². The van der Waals surface area contributed by atoms with Crippen molar-refractivity contribution in [3.63, 3.8) is 0 Å². The second kappa shape index (κ2) is 16.9. The monoisotopic (exact) mass is 584 g/mol. The van der Waals surface area contributed by atoms with Crippen molar-refractivity contribution in [2.75, 3.05) is 14.2 Å². The fourth-order valence-corrected chi connectivity index (χ4v) is 5.26. The van der Waals surface area contributed by atoms with E-state index in [1.807, 2.05) is 50.4 Å². The highest BCUT2D eigenvalue weighted by Crippen LogP contribution is 2.34. The van der Waals surface area contributed by atoms with Crippen molar-refractivity contribution in [2.24, 2.45) is 17.8 Å². The number of nitrogens with zero attached hydrogens (tertiary/aromatic N) is 1. The summed E-state index contributed by atoms with van der Waals surface area (Å²) >= 11 is 1.37. The Balaban J connectivity index is 2.37. The van der Waals surface area contributed by atoms with Crippen LogP contribution in [0.4, 0.5) is 4.79 Å². The number of aliphatic hydroxyl groups is 1. The number of carbonyl (C=O) groups excluding carboxylic acids is 2. The Hall–Kier alpha value is -3.27. The van der Waals surface area contributed by atoms with Crippen molar-refractivity contribution < 1.29 is 28.9 Å². The summed E-state index contributed by atoms with van der Waals surface area (Å²) in [5.41, 5.74) is 1.96. The fourth-order valence-electron chi connectivity index (χ4n) is 4.38. The molecule has 0 radical (unpaired) electrons. The van der Waals surface area contributed by atoms with Gasteiger partial charge in [0.05, 0.1) is 23.5 Å². The maximum absolute atomic E-state index is 13.1. The van der Waals surface area contributed by atoms with Crippen LogP contribution in [0.3, 0.4) is 0 Å². The summed E-state index contributed by atoms with van der Waals surface area (Å²) in [5.74, 6) is -0.610. The summed E-state index contributed by atoms with van der Waals surface area (Å²) in [6.45, 7) is 13.6. The lowest BCUT2D eigenvalue weighted by molar-refractivity contribution is 0.0197. The zero-order valence-corrected chi connectivity index (χ0v) is 25.9. The average Bonchev–Trinajstić information content (AvgIpc) is 3.45. The predicted octanol–water partition coefficient (Wildman–Crippen LogP) is 6.82. The molecular formula is C32H44N2O6S. The number of carbonyl (C=O) groups is 2. The van der Waals surface area contributed by atoms with Crippen LogP contribution in [0, 0.1) is 17.8 Å². The molecule has 1 aromatic carbocycles. The Bertz CT molecular complexity index is 1180. The number of thiazole rings is 1. The van der Waals surface area contributed by atoms with Gasteiger partial charge < -0.3 is 24.6 Å². The molecule has 0 saturated carbocycles. The van der Waals surface area contributed by atoms with Crippen molar-refractivity contribution in [2.45, 2.75) is 65.5 Å². The van der Waals surface area contributed by atoms with Crippen LogP contribution in [0.25, 0.3) is 0 Å². The number of aliphatic hydroxyl groups excluding tert-OH is 1. The van der Waals surface area contributed by atoms with Crippen LogP contribution < -0.4 is 5.32 Å². The van der Waals surface area contributed by atoms with Gasteiger partial charge in [-0.25, -0.2) is 14.6 Å². The summed E-state index contributed by atoms with van der Waals surface area (Å²) in [6, 6.07) is 8.82. The van der Waals surface area contributed by atoms with E-state index in [4.69, 9.17) is 19.2 Å². The van der Waals surface area contributed by atoms with Crippen molar-refractivity contribution in [1.82, 2.24) is 10.3 Å². The van der Waals surface area contributed by atoms with E-state index in [0.29, 0.717) is 22.7 Å². The van der Waals surface area contributed by atoms with E-state index in [-0.39, 0.29) is 23.9 Å². The number of benzene rings is 1. The first-order valence-corrected chi connectivity index (χ1v) is 14.7. The Labute approximate surface area is 248 Å². The second-order valence-corrected chi connectivity index (χ2v) is 11.4. The molecule has 2 aromatic rings. The van der Waals surface area contributed by atoms with Crippen LogP contribution in [0.5, 0.6) is 0 Å². The first kappa shape index (κ1) is 33.9. The Morgan fingerprint density at radius 2 is 1.83 bits per heavy atom. The summed E-state index contributed by atoms with van der Waals surface area (Å²) in [5, 5.41) is 15.2. The first-order valence-electron chi connectivity index (χ1n) is 13.8.